The first kappa shape index (κ1) is 16.7. The van der Waals surface area contributed by atoms with Crippen LogP contribution in [0.1, 0.15) is 17.8 Å². The third-order valence-electron chi connectivity index (χ3n) is 3.72. The van der Waals surface area contributed by atoms with Crippen LogP contribution in [0, 0.1) is 0 Å². The fourth-order valence-electron chi connectivity index (χ4n) is 2.50. The molecule has 0 bridgehead atoms. The van der Waals surface area contributed by atoms with Crippen LogP contribution in [0.15, 0.2) is 17.5 Å². The van der Waals surface area contributed by atoms with Crippen LogP contribution in [0.25, 0.3) is 0 Å². The average Bonchev–Trinajstić information content (AvgIpc) is 2.93. The molecule has 0 spiro atoms. The number of rotatable bonds is 6. The summed E-state index contributed by atoms with van der Waals surface area (Å²) in [5.41, 5.74) is 0. The van der Waals surface area contributed by atoms with E-state index in [1.807, 2.05) is 6.07 Å². The summed E-state index contributed by atoms with van der Waals surface area (Å²) in [6.45, 7) is 5.52. The Labute approximate surface area is 127 Å². The van der Waals surface area contributed by atoms with E-state index in [-0.39, 0.29) is 0 Å². The summed E-state index contributed by atoms with van der Waals surface area (Å²) in [6.07, 6.45) is -4.08. The van der Waals surface area contributed by atoms with Crippen LogP contribution in [0.2, 0.25) is 0 Å². The Bertz CT molecular complexity index is 400. The summed E-state index contributed by atoms with van der Waals surface area (Å²) in [6, 6.07) is 4.48. The van der Waals surface area contributed by atoms with E-state index in [4.69, 9.17) is 0 Å². The first-order valence-corrected chi connectivity index (χ1v) is 8.10. The van der Waals surface area contributed by atoms with Crippen molar-refractivity contribution in [3.05, 3.63) is 22.4 Å². The largest absolute Gasteiger partial charge is 0.401 e. The molecule has 120 valence electrons. The Kier molecular flexibility index (Phi) is 6.04. The van der Waals surface area contributed by atoms with Gasteiger partial charge in [0.15, 0.2) is 0 Å². The quantitative estimate of drug-likeness (QED) is 0.869. The van der Waals surface area contributed by atoms with E-state index < -0.39 is 12.7 Å². The molecule has 0 aliphatic carbocycles. The lowest BCUT2D eigenvalue weighted by Crippen LogP contribution is -2.50. The molecule has 0 radical (unpaired) electrons. The summed E-state index contributed by atoms with van der Waals surface area (Å²) in [5, 5.41) is 5.52. The van der Waals surface area contributed by atoms with E-state index in [0.29, 0.717) is 32.2 Å². The Morgan fingerprint density at radius 1 is 1.24 bits per heavy atom. The molecular formula is C14H22F3N3S. The Morgan fingerprint density at radius 2 is 1.90 bits per heavy atom. The highest BCUT2D eigenvalue weighted by Crippen LogP contribution is 2.18. The van der Waals surface area contributed by atoms with E-state index in [9.17, 15) is 13.2 Å². The number of alkyl halides is 3. The predicted octanol–water partition coefficient (Wildman–Crippen LogP) is 2.58. The third kappa shape index (κ3) is 5.94. The highest BCUT2D eigenvalue weighted by Gasteiger charge is 2.31. The minimum atomic E-state index is -4.08. The number of halogens is 3. The van der Waals surface area contributed by atoms with Gasteiger partial charge in [-0.1, -0.05) is 6.07 Å². The number of thiophene rings is 1. The number of hydrogen-bond acceptors (Lipinski definition) is 4. The van der Waals surface area contributed by atoms with Gasteiger partial charge in [0, 0.05) is 50.2 Å². The van der Waals surface area contributed by atoms with Gasteiger partial charge in [0.05, 0.1) is 6.54 Å². The van der Waals surface area contributed by atoms with E-state index in [1.165, 1.54) is 9.78 Å². The monoisotopic (exact) mass is 321 g/mol. The maximum atomic E-state index is 12.3. The zero-order valence-electron chi connectivity index (χ0n) is 12.2. The van der Waals surface area contributed by atoms with E-state index in [0.717, 1.165) is 13.1 Å². The van der Waals surface area contributed by atoms with Crippen LogP contribution in [-0.4, -0.2) is 61.8 Å². The summed E-state index contributed by atoms with van der Waals surface area (Å²) in [5.74, 6) is 0. The van der Waals surface area contributed by atoms with Crippen molar-refractivity contribution in [3.8, 4) is 0 Å². The van der Waals surface area contributed by atoms with Gasteiger partial charge in [0.2, 0.25) is 0 Å². The van der Waals surface area contributed by atoms with Crippen molar-refractivity contribution in [2.24, 2.45) is 0 Å². The zero-order chi connectivity index (χ0) is 15.3. The third-order valence-corrected chi connectivity index (χ3v) is 4.77. The summed E-state index contributed by atoms with van der Waals surface area (Å²) in [4.78, 5) is 5.02. The predicted molar refractivity (Wildman–Crippen MR) is 79.7 cm³/mol. The normalized spacial score (nSPS) is 19.8. The SMILES string of the molecule is CC(NCCN1CCN(CC(F)(F)F)CC1)c1cccs1. The highest BCUT2D eigenvalue weighted by molar-refractivity contribution is 7.10. The fraction of sp³-hybridized carbons (Fsp3) is 0.714. The van der Waals surface area contributed by atoms with Gasteiger partial charge in [0.1, 0.15) is 0 Å². The molecule has 0 saturated carbocycles. The van der Waals surface area contributed by atoms with Crippen LogP contribution in [0.5, 0.6) is 0 Å². The molecule has 0 aromatic carbocycles. The van der Waals surface area contributed by atoms with Gasteiger partial charge in [-0.05, 0) is 18.4 Å². The molecule has 1 aliphatic rings. The van der Waals surface area contributed by atoms with Crippen molar-refractivity contribution < 1.29 is 13.2 Å². The number of hydrogen-bond donors (Lipinski definition) is 1. The molecule has 1 aromatic rings. The van der Waals surface area contributed by atoms with Gasteiger partial charge < -0.3 is 5.32 Å². The molecule has 1 fully saturated rings. The molecular weight excluding hydrogens is 299 g/mol. The Morgan fingerprint density at radius 3 is 2.48 bits per heavy atom. The first-order valence-electron chi connectivity index (χ1n) is 7.22. The second-order valence-electron chi connectivity index (χ2n) is 5.42. The fourth-order valence-corrected chi connectivity index (χ4v) is 3.26. The minimum absolute atomic E-state index is 0.330. The van der Waals surface area contributed by atoms with Gasteiger partial charge in [0.25, 0.3) is 0 Å². The molecule has 1 saturated heterocycles. The first-order chi connectivity index (χ1) is 9.94. The van der Waals surface area contributed by atoms with Crippen molar-refractivity contribution in [2.75, 3.05) is 45.8 Å². The zero-order valence-corrected chi connectivity index (χ0v) is 13.0. The molecule has 1 aliphatic heterocycles. The van der Waals surface area contributed by atoms with Crippen molar-refractivity contribution in [2.45, 2.75) is 19.1 Å². The van der Waals surface area contributed by atoms with E-state index >= 15 is 0 Å². The molecule has 1 aromatic heterocycles. The van der Waals surface area contributed by atoms with Crippen LogP contribution >= 0.6 is 11.3 Å². The lowest BCUT2D eigenvalue weighted by atomic mass is 10.2. The molecule has 2 rings (SSSR count). The van der Waals surface area contributed by atoms with Crippen LogP contribution in [-0.2, 0) is 0 Å². The number of nitrogens with zero attached hydrogens (tertiary/aromatic N) is 2. The van der Waals surface area contributed by atoms with Crippen molar-refractivity contribution in [1.29, 1.82) is 0 Å². The molecule has 1 N–H and O–H groups in total. The Balaban J connectivity index is 1.61. The minimum Gasteiger partial charge on any atom is -0.308 e. The van der Waals surface area contributed by atoms with Crippen LogP contribution < -0.4 is 5.32 Å². The molecule has 0 amide bonds. The number of piperazine rings is 1. The van der Waals surface area contributed by atoms with Crippen LogP contribution in [0.3, 0.4) is 0 Å². The van der Waals surface area contributed by atoms with E-state index in [2.05, 4.69) is 28.6 Å². The molecule has 7 heteroatoms. The lowest BCUT2D eigenvalue weighted by Gasteiger charge is -2.35. The molecule has 1 unspecified atom stereocenters. The second kappa shape index (κ2) is 7.58. The molecule has 2 heterocycles. The number of nitrogens with one attached hydrogen (secondary N) is 1. The topological polar surface area (TPSA) is 18.5 Å². The molecule has 21 heavy (non-hydrogen) atoms. The van der Waals surface area contributed by atoms with E-state index in [1.54, 1.807) is 11.3 Å². The Hall–Kier alpha value is -0.630. The maximum absolute atomic E-state index is 12.3. The van der Waals surface area contributed by atoms with Gasteiger partial charge in [-0.25, -0.2) is 0 Å². The van der Waals surface area contributed by atoms with Crippen LogP contribution in [0.4, 0.5) is 13.2 Å². The standard InChI is InChI=1S/C14H22F3N3S/c1-12(13-3-2-10-21-13)18-4-5-19-6-8-20(9-7-19)11-14(15,16)17/h2-3,10,12,18H,4-9,11H2,1H3. The second-order valence-corrected chi connectivity index (χ2v) is 6.40. The summed E-state index contributed by atoms with van der Waals surface area (Å²) >= 11 is 1.73. The average molecular weight is 321 g/mol. The van der Waals surface area contributed by atoms with Gasteiger partial charge in [-0.2, -0.15) is 13.2 Å². The van der Waals surface area contributed by atoms with Crippen molar-refractivity contribution in [1.82, 2.24) is 15.1 Å². The van der Waals surface area contributed by atoms with Gasteiger partial charge in [-0.3, -0.25) is 9.80 Å². The lowest BCUT2D eigenvalue weighted by molar-refractivity contribution is -0.149. The highest BCUT2D eigenvalue weighted by atomic mass is 32.1. The molecule has 1 atom stereocenters. The summed E-state index contributed by atoms with van der Waals surface area (Å²) in [7, 11) is 0. The summed E-state index contributed by atoms with van der Waals surface area (Å²) < 4.78 is 36.9. The van der Waals surface area contributed by atoms with Gasteiger partial charge >= 0.3 is 6.18 Å². The van der Waals surface area contributed by atoms with Crippen molar-refractivity contribution >= 4 is 11.3 Å². The van der Waals surface area contributed by atoms with Gasteiger partial charge in [-0.15, -0.1) is 11.3 Å². The molecule has 3 nitrogen and oxygen atoms in total. The van der Waals surface area contributed by atoms with Crippen molar-refractivity contribution in [3.63, 3.8) is 0 Å². The maximum Gasteiger partial charge on any atom is 0.401 e. The smallest absolute Gasteiger partial charge is 0.308 e.